The summed E-state index contributed by atoms with van der Waals surface area (Å²) in [4.78, 5) is 15.8. The summed E-state index contributed by atoms with van der Waals surface area (Å²) in [5.74, 6) is 3.61. The Morgan fingerprint density at radius 3 is 2.62 bits per heavy atom. The average Bonchev–Trinajstić information content (AvgIpc) is 3.45. The molecule has 0 bridgehead atoms. The molecule has 1 unspecified atom stereocenters. The number of aromatic nitrogens is 6. The molecule has 0 spiro atoms. The van der Waals surface area contributed by atoms with Gasteiger partial charge in [-0.2, -0.15) is 11.8 Å². The minimum atomic E-state index is -0.0186. The first-order valence-corrected chi connectivity index (χ1v) is 10.6. The molecule has 1 aliphatic heterocycles. The Labute approximate surface area is 171 Å². The van der Waals surface area contributed by atoms with Gasteiger partial charge in [0.05, 0.1) is 12.4 Å². The molecule has 1 saturated heterocycles. The third kappa shape index (κ3) is 3.88. The Morgan fingerprint density at radius 2 is 1.86 bits per heavy atom. The number of imidazole rings is 1. The van der Waals surface area contributed by atoms with E-state index >= 15 is 0 Å². The van der Waals surface area contributed by atoms with E-state index in [9.17, 15) is 0 Å². The summed E-state index contributed by atoms with van der Waals surface area (Å²) in [6.45, 7) is 2.54. The molecule has 0 aliphatic carbocycles. The van der Waals surface area contributed by atoms with Gasteiger partial charge in [-0.1, -0.05) is 30.3 Å². The van der Waals surface area contributed by atoms with Gasteiger partial charge in [0, 0.05) is 43.5 Å². The maximum absolute atomic E-state index is 4.85. The largest absolute Gasteiger partial charge is 0.358 e. The monoisotopic (exact) mass is 408 g/mol. The van der Waals surface area contributed by atoms with Gasteiger partial charge in [-0.05, 0) is 15.9 Å². The molecule has 0 radical (unpaired) electrons. The predicted octanol–water partition coefficient (Wildman–Crippen LogP) is 2.62. The molecular formula is C19H20N8OS. The average molecular weight is 408 g/mol. The minimum Gasteiger partial charge on any atom is -0.358 e. The second-order valence-corrected chi connectivity index (χ2v) is 8.00. The van der Waals surface area contributed by atoms with Crippen LogP contribution < -0.4 is 10.2 Å². The molecule has 1 N–H and O–H groups in total. The predicted molar refractivity (Wildman–Crippen MR) is 112 cm³/mol. The second kappa shape index (κ2) is 8.08. The van der Waals surface area contributed by atoms with Crippen LogP contribution in [0.4, 0.5) is 11.6 Å². The molecule has 1 aliphatic rings. The number of thioether (sulfide) groups is 1. The van der Waals surface area contributed by atoms with E-state index in [1.165, 1.54) is 0 Å². The van der Waals surface area contributed by atoms with Crippen LogP contribution >= 0.6 is 11.8 Å². The molecule has 0 saturated carbocycles. The molecule has 4 aromatic rings. The number of hydrogen-bond donors (Lipinski definition) is 1. The Balaban J connectivity index is 1.53. The molecule has 5 rings (SSSR count). The van der Waals surface area contributed by atoms with Crippen LogP contribution in [0.25, 0.3) is 11.3 Å². The van der Waals surface area contributed by atoms with Crippen LogP contribution in [0.15, 0.2) is 53.7 Å². The van der Waals surface area contributed by atoms with Crippen LogP contribution in [-0.2, 0) is 6.54 Å². The molecule has 148 valence electrons. The van der Waals surface area contributed by atoms with Gasteiger partial charge < -0.3 is 14.8 Å². The fourth-order valence-electron chi connectivity index (χ4n) is 3.41. The van der Waals surface area contributed by atoms with Gasteiger partial charge in [0.1, 0.15) is 0 Å². The molecule has 1 aromatic carbocycles. The lowest BCUT2D eigenvalue weighted by molar-refractivity contribution is 0.314. The van der Waals surface area contributed by atoms with E-state index in [1.807, 2.05) is 47.1 Å². The number of nitrogens with one attached hydrogen (secondary N) is 1. The third-order valence-corrected chi connectivity index (χ3v) is 5.81. The molecule has 9 nitrogen and oxygen atoms in total. The van der Waals surface area contributed by atoms with E-state index in [0.717, 1.165) is 36.0 Å². The smallest absolute Gasteiger partial charge is 0.245 e. The van der Waals surface area contributed by atoms with Gasteiger partial charge in [0.2, 0.25) is 11.3 Å². The van der Waals surface area contributed by atoms with Crippen molar-refractivity contribution in [2.24, 2.45) is 0 Å². The van der Waals surface area contributed by atoms with Gasteiger partial charge in [0.25, 0.3) is 0 Å². The van der Waals surface area contributed by atoms with Crippen molar-refractivity contribution in [2.45, 2.75) is 12.6 Å². The summed E-state index contributed by atoms with van der Waals surface area (Å²) in [6, 6.07) is 10.3. The van der Waals surface area contributed by atoms with Crippen LogP contribution in [-0.4, -0.2) is 54.4 Å². The normalized spacial score (nSPS) is 15.5. The maximum Gasteiger partial charge on any atom is 0.245 e. The maximum atomic E-state index is 4.85. The highest BCUT2D eigenvalue weighted by Gasteiger charge is 2.23. The summed E-state index contributed by atoms with van der Waals surface area (Å²) in [5, 5.41) is 11.4. The molecule has 1 atom stereocenters. The zero-order valence-electron chi connectivity index (χ0n) is 15.7. The molecule has 3 aromatic heterocycles. The molecule has 10 heteroatoms. The summed E-state index contributed by atoms with van der Waals surface area (Å²) >= 11 is 1.95. The summed E-state index contributed by atoms with van der Waals surface area (Å²) < 4.78 is 6.90. The second-order valence-electron chi connectivity index (χ2n) is 6.77. The van der Waals surface area contributed by atoms with Crippen molar-refractivity contribution < 1.29 is 4.63 Å². The van der Waals surface area contributed by atoms with Crippen LogP contribution in [0.1, 0.15) is 11.6 Å². The number of fused-ring (bicyclic) bond motifs is 1. The van der Waals surface area contributed by atoms with E-state index in [-0.39, 0.29) is 6.04 Å². The highest BCUT2D eigenvalue weighted by Crippen LogP contribution is 2.30. The van der Waals surface area contributed by atoms with E-state index in [0.29, 0.717) is 23.7 Å². The number of nitrogens with zero attached hydrogens (tertiary/aromatic N) is 7. The Morgan fingerprint density at radius 1 is 1.07 bits per heavy atom. The lowest BCUT2D eigenvalue weighted by atomic mass is 10.1. The summed E-state index contributed by atoms with van der Waals surface area (Å²) in [5.41, 5.74) is 1.98. The van der Waals surface area contributed by atoms with Crippen molar-refractivity contribution in [2.75, 3.05) is 34.8 Å². The minimum absolute atomic E-state index is 0.0186. The van der Waals surface area contributed by atoms with Gasteiger partial charge in [0.15, 0.2) is 11.6 Å². The van der Waals surface area contributed by atoms with E-state index < -0.39 is 0 Å². The lowest BCUT2D eigenvalue weighted by Gasteiger charge is -2.30. The number of hydrogen-bond acceptors (Lipinski definition) is 9. The van der Waals surface area contributed by atoms with Crippen molar-refractivity contribution in [3.05, 3.63) is 54.6 Å². The molecular weight excluding hydrogens is 388 g/mol. The number of benzene rings is 1. The molecule has 0 amide bonds. The first kappa shape index (κ1) is 17.9. The van der Waals surface area contributed by atoms with Crippen LogP contribution in [0.2, 0.25) is 0 Å². The SMILES string of the molecule is c1ccc(C(Cn2ccnc2)Nc2nc3nonc3nc2N2CCSCC2)cc1. The first-order chi connectivity index (χ1) is 14.4. The van der Waals surface area contributed by atoms with Gasteiger partial charge in [-0.15, -0.1) is 0 Å². The van der Waals surface area contributed by atoms with E-state index in [4.69, 9.17) is 14.6 Å². The quantitative estimate of drug-likeness (QED) is 0.516. The van der Waals surface area contributed by atoms with Crippen molar-refractivity contribution in [3.8, 4) is 0 Å². The highest BCUT2D eigenvalue weighted by atomic mass is 32.2. The van der Waals surface area contributed by atoms with Crippen molar-refractivity contribution in [1.82, 2.24) is 29.8 Å². The van der Waals surface area contributed by atoms with Crippen molar-refractivity contribution in [1.29, 1.82) is 0 Å². The fraction of sp³-hybridized carbons (Fsp3) is 0.316. The van der Waals surface area contributed by atoms with Gasteiger partial charge in [-0.25, -0.2) is 19.6 Å². The van der Waals surface area contributed by atoms with Crippen LogP contribution in [0, 0.1) is 0 Å². The van der Waals surface area contributed by atoms with Gasteiger partial charge in [-0.3, -0.25) is 0 Å². The lowest BCUT2D eigenvalue weighted by Crippen LogP contribution is -2.34. The zero-order chi connectivity index (χ0) is 19.5. The summed E-state index contributed by atoms with van der Waals surface area (Å²) in [6.07, 6.45) is 5.55. The van der Waals surface area contributed by atoms with Crippen molar-refractivity contribution in [3.63, 3.8) is 0 Å². The Bertz CT molecular complexity index is 1060. The van der Waals surface area contributed by atoms with Crippen molar-refractivity contribution >= 4 is 34.7 Å². The standard InChI is InChI=1S/C19H20N8OS/c1-2-4-14(5-3-1)15(12-26-7-6-20-13-26)21-18-19(27-8-10-29-11-9-27)23-17-16(22-18)24-28-25-17/h1-7,13,15H,8-12H2,(H,21,22,24). The topological polar surface area (TPSA) is 97.8 Å². The third-order valence-electron chi connectivity index (χ3n) is 4.87. The number of rotatable bonds is 6. The Hall–Kier alpha value is -3.14. The number of anilines is 2. The van der Waals surface area contributed by atoms with Gasteiger partial charge >= 0.3 is 0 Å². The molecule has 4 heterocycles. The first-order valence-electron chi connectivity index (χ1n) is 9.47. The summed E-state index contributed by atoms with van der Waals surface area (Å²) in [7, 11) is 0. The van der Waals surface area contributed by atoms with Crippen LogP contribution in [0.3, 0.4) is 0 Å². The van der Waals surface area contributed by atoms with Crippen LogP contribution in [0.5, 0.6) is 0 Å². The highest BCUT2D eigenvalue weighted by molar-refractivity contribution is 7.99. The van der Waals surface area contributed by atoms with E-state index in [1.54, 1.807) is 6.20 Å². The molecule has 1 fully saturated rings. The van der Waals surface area contributed by atoms with E-state index in [2.05, 4.69) is 37.6 Å². The molecule has 29 heavy (non-hydrogen) atoms. The Kier molecular flexibility index (Phi) is 4.99. The fourth-order valence-corrected chi connectivity index (χ4v) is 4.32. The zero-order valence-corrected chi connectivity index (χ0v) is 16.5.